The number of hydrogen-bond donors (Lipinski definition) is 1. The molecule has 3 heterocycles. The summed E-state index contributed by atoms with van der Waals surface area (Å²) in [5, 5.41) is 16.5. The first-order chi connectivity index (χ1) is 16.3. The van der Waals surface area contributed by atoms with Crippen LogP contribution in [0.1, 0.15) is 11.3 Å². The highest BCUT2D eigenvalue weighted by Gasteiger charge is 2.07. The molecule has 0 saturated heterocycles. The van der Waals surface area contributed by atoms with Crippen LogP contribution in [0.3, 0.4) is 0 Å². The third kappa shape index (κ3) is 3.92. The largest absolute Gasteiger partial charge is 0.487 e. The molecule has 0 aliphatic carbocycles. The van der Waals surface area contributed by atoms with E-state index in [2.05, 4.69) is 78.8 Å². The number of pyridine rings is 1. The lowest BCUT2D eigenvalue weighted by Gasteiger charge is -2.09. The quantitative estimate of drug-likeness (QED) is 0.401. The highest BCUT2D eigenvalue weighted by atomic mass is 16.5. The zero-order valence-corrected chi connectivity index (χ0v) is 17.7. The number of tetrazole rings is 1. The highest BCUT2D eigenvalue weighted by molar-refractivity contribution is 5.82. The van der Waals surface area contributed by atoms with Crippen LogP contribution in [-0.4, -0.2) is 30.2 Å². The summed E-state index contributed by atoms with van der Waals surface area (Å²) in [6.07, 6.45) is 2.10. The van der Waals surface area contributed by atoms with Gasteiger partial charge in [-0.2, -0.15) is 5.21 Å². The maximum Gasteiger partial charge on any atom is 0.204 e. The number of hydrogen-bond acceptors (Lipinski definition) is 5. The molecule has 1 N–H and O–H groups in total. The van der Waals surface area contributed by atoms with Gasteiger partial charge < -0.3 is 9.30 Å². The van der Waals surface area contributed by atoms with Crippen molar-refractivity contribution in [1.82, 2.24) is 30.2 Å². The second kappa shape index (κ2) is 8.20. The number of nitrogens with one attached hydrogen (secondary N) is 1. The molecule has 7 heteroatoms. The van der Waals surface area contributed by atoms with Crippen LogP contribution < -0.4 is 4.74 Å². The fourth-order valence-corrected chi connectivity index (χ4v) is 4.04. The number of aromatic nitrogens is 6. The maximum absolute atomic E-state index is 6.04. The summed E-state index contributed by atoms with van der Waals surface area (Å²) in [6.45, 7) is 1.18. The Kier molecular flexibility index (Phi) is 4.77. The van der Waals surface area contributed by atoms with Gasteiger partial charge in [-0.15, -0.1) is 10.2 Å². The van der Waals surface area contributed by atoms with Gasteiger partial charge in [-0.3, -0.25) is 0 Å². The summed E-state index contributed by atoms with van der Waals surface area (Å²) in [6, 6.07) is 28.7. The van der Waals surface area contributed by atoms with E-state index in [1.54, 1.807) is 0 Å². The van der Waals surface area contributed by atoms with Gasteiger partial charge in [-0.1, -0.05) is 42.5 Å². The van der Waals surface area contributed by atoms with Gasteiger partial charge in [0.25, 0.3) is 0 Å². The third-order valence-corrected chi connectivity index (χ3v) is 5.67. The molecule has 0 aliphatic rings. The van der Waals surface area contributed by atoms with Gasteiger partial charge in [0, 0.05) is 34.6 Å². The minimum Gasteiger partial charge on any atom is -0.487 e. The van der Waals surface area contributed by atoms with Gasteiger partial charge in [0.1, 0.15) is 12.4 Å². The summed E-state index contributed by atoms with van der Waals surface area (Å²) >= 11 is 0. The fourth-order valence-electron chi connectivity index (χ4n) is 4.04. The first-order valence-electron chi connectivity index (χ1n) is 10.7. The lowest BCUT2D eigenvalue weighted by atomic mass is 10.1. The molecule has 0 aliphatic heterocycles. The standard InChI is InChI=1S/C26H20N6O/c1-2-7-24-19(5-1)8-9-22(27-24)17-33-23-10-11-25-20(15-23)12-13-32(25)16-18-4-3-6-21(14-18)26-28-30-31-29-26/h1-15H,16-17H2,(H,28,29,30,31). The van der Waals surface area contributed by atoms with E-state index < -0.39 is 0 Å². The lowest BCUT2D eigenvalue weighted by Crippen LogP contribution is -1.99. The van der Waals surface area contributed by atoms with Crippen LogP contribution in [0.2, 0.25) is 0 Å². The molecule has 0 saturated carbocycles. The smallest absolute Gasteiger partial charge is 0.204 e. The Morgan fingerprint density at radius 1 is 0.848 bits per heavy atom. The molecule has 0 radical (unpaired) electrons. The fraction of sp³-hybridized carbons (Fsp3) is 0.0769. The monoisotopic (exact) mass is 432 g/mol. The first-order valence-corrected chi connectivity index (χ1v) is 10.7. The number of nitrogens with zero attached hydrogens (tertiary/aromatic N) is 5. The van der Waals surface area contributed by atoms with E-state index in [9.17, 15) is 0 Å². The molecule has 0 unspecified atom stereocenters. The van der Waals surface area contributed by atoms with Crippen molar-refractivity contribution in [3.05, 3.63) is 102 Å². The van der Waals surface area contributed by atoms with Gasteiger partial charge in [0.05, 0.1) is 11.2 Å². The summed E-state index contributed by atoms with van der Waals surface area (Å²) in [5.74, 6) is 1.42. The van der Waals surface area contributed by atoms with Crippen LogP contribution in [0.5, 0.6) is 5.75 Å². The van der Waals surface area contributed by atoms with E-state index in [0.29, 0.717) is 12.4 Å². The summed E-state index contributed by atoms with van der Waals surface area (Å²) in [7, 11) is 0. The van der Waals surface area contributed by atoms with Crippen LogP contribution in [0.4, 0.5) is 0 Å². The summed E-state index contributed by atoms with van der Waals surface area (Å²) < 4.78 is 8.26. The van der Waals surface area contributed by atoms with Gasteiger partial charge in [-0.05, 0) is 53.2 Å². The highest BCUT2D eigenvalue weighted by Crippen LogP contribution is 2.24. The molecular weight excluding hydrogens is 412 g/mol. The van der Waals surface area contributed by atoms with E-state index >= 15 is 0 Å². The Bertz CT molecular complexity index is 1550. The minimum atomic E-state index is 0.430. The van der Waals surface area contributed by atoms with E-state index in [1.807, 2.05) is 42.5 Å². The van der Waals surface area contributed by atoms with Crippen molar-refractivity contribution >= 4 is 21.8 Å². The molecule has 0 bridgehead atoms. The number of benzene rings is 3. The van der Waals surface area contributed by atoms with Crippen LogP contribution in [0.15, 0.2) is 91.1 Å². The molecule has 6 aromatic rings. The molecule has 0 fully saturated rings. The van der Waals surface area contributed by atoms with Crippen LogP contribution >= 0.6 is 0 Å². The zero-order chi connectivity index (χ0) is 22.0. The van der Waals surface area contributed by atoms with Crippen molar-refractivity contribution in [2.45, 2.75) is 13.2 Å². The lowest BCUT2D eigenvalue weighted by molar-refractivity contribution is 0.302. The average Bonchev–Trinajstić information content (AvgIpc) is 3.53. The number of rotatable bonds is 6. The van der Waals surface area contributed by atoms with Gasteiger partial charge >= 0.3 is 0 Å². The Balaban J connectivity index is 1.19. The second-order valence-electron chi connectivity index (χ2n) is 7.88. The average molecular weight is 432 g/mol. The van der Waals surface area contributed by atoms with Gasteiger partial charge in [-0.25, -0.2) is 4.98 Å². The van der Waals surface area contributed by atoms with E-state index in [-0.39, 0.29) is 0 Å². The summed E-state index contributed by atoms with van der Waals surface area (Å²) in [5.41, 5.74) is 5.15. The van der Waals surface area contributed by atoms with E-state index in [4.69, 9.17) is 4.74 Å². The predicted molar refractivity (Wildman–Crippen MR) is 127 cm³/mol. The number of para-hydroxylation sites is 1. The molecule has 7 nitrogen and oxygen atoms in total. The maximum atomic E-state index is 6.04. The first kappa shape index (κ1) is 19.2. The summed E-state index contributed by atoms with van der Waals surface area (Å²) in [4.78, 5) is 4.69. The van der Waals surface area contributed by atoms with Crippen molar-refractivity contribution in [3.8, 4) is 17.1 Å². The minimum absolute atomic E-state index is 0.430. The number of fused-ring (bicyclic) bond motifs is 2. The van der Waals surface area contributed by atoms with E-state index in [0.717, 1.165) is 50.9 Å². The van der Waals surface area contributed by atoms with Gasteiger partial charge in [0.2, 0.25) is 5.82 Å². The van der Waals surface area contributed by atoms with Gasteiger partial charge in [0.15, 0.2) is 0 Å². The Labute approximate surface area is 189 Å². The number of ether oxygens (including phenoxy) is 1. The van der Waals surface area contributed by atoms with Crippen molar-refractivity contribution in [1.29, 1.82) is 0 Å². The Morgan fingerprint density at radius 2 is 1.82 bits per heavy atom. The molecule has 160 valence electrons. The molecule has 33 heavy (non-hydrogen) atoms. The van der Waals surface area contributed by atoms with Crippen molar-refractivity contribution in [3.63, 3.8) is 0 Å². The SMILES string of the molecule is c1cc(Cn2ccc3cc(OCc4ccc5ccccc5n4)ccc32)cc(-c2nn[nH]n2)c1. The number of aromatic amines is 1. The number of H-pyrrole nitrogens is 1. The topological polar surface area (TPSA) is 81.5 Å². The van der Waals surface area contributed by atoms with Crippen LogP contribution in [-0.2, 0) is 13.2 Å². The van der Waals surface area contributed by atoms with Crippen molar-refractivity contribution < 1.29 is 4.74 Å². The molecular formula is C26H20N6O. The van der Waals surface area contributed by atoms with Crippen LogP contribution in [0.25, 0.3) is 33.2 Å². The molecule has 3 aromatic carbocycles. The molecule has 0 spiro atoms. The Hall–Kier alpha value is -4.52. The van der Waals surface area contributed by atoms with Crippen molar-refractivity contribution in [2.75, 3.05) is 0 Å². The molecule has 3 aromatic heterocycles. The zero-order valence-electron chi connectivity index (χ0n) is 17.7. The third-order valence-electron chi connectivity index (χ3n) is 5.67. The Morgan fingerprint density at radius 3 is 2.76 bits per heavy atom. The second-order valence-corrected chi connectivity index (χ2v) is 7.88. The van der Waals surface area contributed by atoms with Crippen LogP contribution in [0, 0.1) is 0 Å². The normalized spacial score (nSPS) is 11.3. The molecule has 6 rings (SSSR count). The van der Waals surface area contributed by atoms with E-state index in [1.165, 1.54) is 0 Å². The molecule has 0 amide bonds. The molecule has 0 atom stereocenters. The van der Waals surface area contributed by atoms with Crippen molar-refractivity contribution in [2.24, 2.45) is 0 Å². The predicted octanol–water partition coefficient (Wildman–Crippen LogP) is 5.00.